The Morgan fingerprint density at radius 2 is 1.53 bits per heavy atom. The van der Waals surface area contributed by atoms with E-state index in [4.69, 9.17) is 33.2 Å². The van der Waals surface area contributed by atoms with Crippen molar-refractivity contribution in [3.63, 3.8) is 0 Å². The number of methoxy groups -OCH3 is 2. The van der Waals surface area contributed by atoms with E-state index in [1.54, 1.807) is 26.4 Å². The maximum atomic E-state index is 12.5. The summed E-state index contributed by atoms with van der Waals surface area (Å²) in [6.07, 6.45) is 0. The van der Waals surface area contributed by atoms with Gasteiger partial charge in [-0.2, -0.15) is 0 Å². The lowest BCUT2D eigenvalue weighted by Crippen LogP contribution is -1.99. The summed E-state index contributed by atoms with van der Waals surface area (Å²) >= 11 is 0. The third-order valence-electron chi connectivity index (χ3n) is 5.58. The van der Waals surface area contributed by atoms with E-state index in [2.05, 4.69) is 0 Å². The van der Waals surface area contributed by atoms with Crippen molar-refractivity contribution in [3.8, 4) is 45.6 Å². The number of fused-ring (bicyclic) bond motifs is 4. The summed E-state index contributed by atoms with van der Waals surface area (Å²) in [7, 11) is 3.15. The molecule has 3 aromatic rings. The Bertz CT molecular complexity index is 1250. The van der Waals surface area contributed by atoms with Crippen molar-refractivity contribution in [2.24, 2.45) is 0 Å². The molecule has 3 aliphatic rings. The van der Waals surface area contributed by atoms with Crippen LogP contribution in [0.3, 0.4) is 0 Å². The van der Waals surface area contributed by atoms with Crippen molar-refractivity contribution < 1.29 is 38.0 Å². The van der Waals surface area contributed by atoms with Gasteiger partial charge in [0.05, 0.1) is 19.8 Å². The second-order valence-corrected chi connectivity index (χ2v) is 7.00. The van der Waals surface area contributed by atoms with Gasteiger partial charge in [-0.15, -0.1) is 0 Å². The van der Waals surface area contributed by atoms with Crippen molar-refractivity contribution >= 4 is 16.7 Å². The third kappa shape index (κ3) is 2.18. The van der Waals surface area contributed by atoms with Crippen LogP contribution in [0.2, 0.25) is 0 Å². The molecule has 0 saturated carbocycles. The molecule has 3 aromatic carbocycles. The zero-order valence-corrected chi connectivity index (χ0v) is 16.2. The van der Waals surface area contributed by atoms with Gasteiger partial charge in [-0.25, -0.2) is 4.79 Å². The van der Waals surface area contributed by atoms with E-state index in [-0.39, 0.29) is 26.2 Å². The van der Waals surface area contributed by atoms with Gasteiger partial charge < -0.3 is 33.2 Å². The van der Waals surface area contributed by atoms with Gasteiger partial charge in [-0.3, -0.25) is 0 Å². The maximum absolute atomic E-state index is 12.5. The summed E-state index contributed by atoms with van der Waals surface area (Å²) in [5.41, 5.74) is 2.79. The molecule has 30 heavy (non-hydrogen) atoms. The van der Waals surface area contributed by atoms with Gasteiger partial charge >= 0.3 is 5.97 Å². The summed E-state index contributed by atoms with van der Waals surface area (Å²) in [6, 6.07) is 7.31. The number of cyclic esters (lactones) is 1. The molecular formula is C22H16O8. The molecule has 0 bridgehead atoms. The fraction of sp³-hybridized carbons (Fsp3) is 0.227. The van der Waals surface area contributed by atoms with Crippen LogP contribution < -0.4 is 28.4 Å². The van der Waals surface area contributed by atoms with Gasteiger partial charge in [0, 0.05) is 28.1 Å². The van der Waals surface area contributed by atoms with Crippen LogP contribution in [-0.4, -0.2) is 33.8 Å². The largest absolute Gasteiger partial charge is 0.496 e. The Morgan fingerprint density at radius 3 is 2.33 bits per heavy atom. The van der Waals surface area contributed by atoms with E-state index < -0.39 is 0 Å². The van der Waals surface area contributed by atoms with Crippen LogP contribution in [0.15, 0.2) is 24.3 Å². The molecule has 0 spiro atoms. The van der Waals surface area contributed by atoms with Crippen LogP contribution in [0.1, 0.15) is 15.9 Å². The number of carbonyl (C=O) groups excluding carboxylic acids is 1. The first kappa shape index (κ1) is 17.1. The summed E-state index contributed by atoms with van der Waals surface area (Å²) in [5, 5.41) is 1.54. The van der Waals surface area contributed by atoms with Gasteiger partial charge in [0.1, 0.15) is 12.4 Å². The monoisotopic (exact) mass is 408 g/mol. The van der Waals surface area contributed by atoms with Crippen LogP contribution in [0.25, 0.3) is 21.9 Å². The zero-order chi connectivity index (χ0) is 20.4. The summed E-state index contributed by atoms with van der Waals surface area (Å²) in [6.45, 7) is 0.407. The van der Waals surface area contributed by atoms with Crippen molar-refractivity contribution in [1.29, 1.82) is 0 Å². The lowest BCUT2D eigenvalue weighted by molar-refractivity contribution is 0.0535. The fourth-order valence-corrected chi connectivity index (χ4v) is 4.25. The molecule has 8 nitrogen and oxygen atoms in total. The Hall–Kier alpha value is -3.81. The van der Waals surface area contributed by atoms with Gasteiger partial charge in [-0.05, 0) is 23.6 Å². The van der Waals surface area contributed by atoms with E-state index in [1.165, 1.54) is 0 Å². The topological polar surface area (TPSA) is 81.7 Å². The van der Waals surface area contributed by atoms with Crippen molar-refractivity contribution in [2.75, 3.05) is 27.8 Å². The quantitative estimate of drug-likeness (QED) is 0.608. The maximum Gasteiger partial charge on any atom is 0.338 e. The van der Waals surface area contributed by atoms with Crippen LogP contribution in [0.4, 0.5) is 0 Å². The van der Waals surface area contributed by atoms with Gasteiger partial charge in [0.25, 0.3) is 0 Å². The number of rotatable bonds is 3. The molecule has 0 atom stereocenters. The van der Waals surface area contributed by atoms with Gasteiger partial charge in [0.2, 0.25) is 19.3 Å². The predicted octanol–water partition coefficient (Wildman–Crippen LogP) is 3.65. The molecule has 0 aliphatic carbocycles. The Balaban J connectivity index is 1.76. The van der Waals surface area contributed by atoms with E-state index in [0.29, 0.717) is 45.4 Å². The Labute approximate surface area is 170 Å². The molecule has 0 amide bonds. The molecule has 152 valence electrons. The molecule has 6 rings (SSSR count). The second-order valence-electron chi connectivity index (χ2n) is 7.00. The van der Waals surface area contributed by atoms with Crippen molar-refractivity contribution in [2.45, 2.75) is 6.61 Å². The van der Waals surface area contributed by atoms with E-state index >= 15 is 0 Å². The standard InChI is InChI=1S/C22H16O8/c1-24-15-6-17-16(27-8-28-17)5-13(15)19-10-4-18-21(30-9-29-18)20(25-2)11(10)3-12-14(19)7-26-22(12)23/h3-6H,7-9H2,1-2H3. The normalized spacial score (nSPS) is 15.3. The fourth-order valence-electron chi connectivity index (χ4n) is 4.25. The Morgan fingerprint density at radius 1 is 0.767 bits per heavy atom. The predicted molar refractivity (Wildman–Crippen MR) is 104 cm³/mol. The highest BCUT2D eigenvalue weighted by Crippen LogP contribution is 2.52. The molecule has 0 saturated heterocycles. The summed E-state index contributed by atoms with van der Waals surface area (Å²) in [5.74, 6) is 3.01. The van der Waals surface area contributed by atoms with Crippen LogP contribution in [-0.2, 0) is 11.3 Å². The number of hydrogen-bond donors (Lipinski definition) is 0. The molecule has 0 N–H and O–H groups in total. The first-order valence-electron chi connectivity index (χ1n) is 9.31. The molecule has 0 radical (unpaired) electrons. The smallest absolute Gasteiger partial charge is 0.338 e. The minimum absolute atomic E-state index is 0.104. The molecule has 3 aliphatic heterocycles. The van der Waals surface area contributed by atoms with E-state index in [0.717, 1.165) is 22.1 Å². The highest BCUT2D eigenvalue weighted by molar-refractivity contribution is 6.11. The molecule has 0 unspecified atom stereocenters. The summed E-state index contributed by atoms with van der Waals surface area (Å²) in [4.78, 5) is 12.5. The molecular weight excluding hydrogens is 392 g/mol. The van der Waals surface area contributed by atoms with E-state index in [1.807, 2.05) is 12.1 Å². The molecule has 3 heterocycles. The molecule has 8 heteroatoms. The second kappa shape index (κ2) is 6.09. The van der Waals surface area contributed by atoms with Crippen LogP contribution in [0, 0.1) is 0 Å². The van der Waals surface area contributed by atoms with Crippen LogP contribution in [0.5, 0.6) is 34.5 Å². The van der Waals surface area contributed by atoms with Crippen molar-refractivity contribution in [3.05, 3.63) is 35.4 Å². The number of benzene rings is 3. The first-order valence-corrected chi connectivity index (χ1v) is 9.31. The van der Waals surface area contributed by atoms with Crippen molar-refractivity contribution in [1.82, 2.24) is 0 Å². The average molecular weight is 408 g/mol. The number of hydrogen-bond acceptors (Lipinski definition) is 8. The van der Waals surface area contributed by atoms with Crippen LogP contribution >= 0.6 is 0 Å². The average Bonchev–Trinajstić information content (AvgIpc) is 3.49. The van der Waals surface area contributed by atoms with Gasteiger partial charge in [-0.1, -0.05) is 0 Å². The highest BCUT2D eigenvalue weighted by Gasteiger charge is 2.32. The zero-order valence-electron chi connectivity index (χ0n) is 16.2. The minimum atomic E-state index is -0.382. The molecule has 0 fully saturated rings. The summed E-state index contributed by atoms with van der Waals surface area (Å²) < 4.78 is 39.0. The highest BCUT2D eigenvalue weighted by atomic mass is 16.7. The van der Waals surface area contributed by atoms with Gasteiger partial charge in [0.15, 0.2) is 23.0 Å². The first-order chi connectivity index (χ1) is 14.7. The SMILES string of the molecule is COc1cc2c(cc1-c1c3c(cc4c(OC)c5c(cc14)OCO5)C(=O)OC3)OCO2. The number of esters is 1. The Kier molecular flexibility index (Phi) is 3.47. The number of ether oxygens (including phenoxy) is 7. The minimum Gasteiger partial charge on any atom is -0.496 e. The third-order valence-corrected chi connectivity index (χ3v) is 5.58. The lowest BCUT2D eigenvalue weighted by Gasteiger charge is -2.17. The van der Waals surface area contributed by atoms with E-state index in [9.17, 15) is 4.79 Å². The molecule has 0 aromatic heterocycles. The lowest BCUT2D eigenvalue weighted by atomic mass is 9.89. The number of carbonyl (C=O) groups is 1.